The van der Waals surface area contributed by atoms with Gasteiger partial charge in [-0.2, -0.15) is 0 Å². The molecule has 0 aliphatic rings. The minimum absolute atomic E-state index is 1.01. The van der Waals surface area contributed by atoms with Gasteiger partial charge in [-0.05, 0) is 60.0 Å². The molecular weight excluding hydrogens is 518 g/mol. The average Bonchev–Trinajstić information content (AvgIpc) is 3.70. The highest BCUT2D eigenvalue weighted by molar-refractivity contribution is 7.25. The van der Waals surface area contributed by atoms with Crippen LogP contribution in [0.2, 0.25) is 0 Å². The number of imidazole rings is 1. The average molecular weight is 540 g/mol. The number of thiophene rings is 1. The van der Waals surface area contributed by atoms with Gasteiger partial charge in [-0.15, -0.1) is 11.3 Å². The summed E-state index contributed by atoms with van der Waals surface area (Å²) in [7, 11) is 0. The summed E-state index contributed by atoms with van der Waals surface area (Å²) in [6.45, 7) is 0. The summed E-state index contributed by atoms with van der Waals surface area (Å²) in [5.41, 5.74) is 7.92. The van der Waals surface area contributed by atoms with E-state index in [1.807, 2.05) is 11.3 Å². The van der Waals surface area contributed by atoms with E-state index in [4.69, 9.17) is 4.98 Å². The molecular formula is C37H21N3S. The number of para-hydroxylation sites is 4. The minimum atomic E-state index is 1.01. The molecule has 0 saturated heterocycles. The molecule has 0 radical (unpaired) electrons. The first-order valence-corrected chi connectivity index (χ1v) is 14.7. The molecule has 0 fully saturated rings. The van der Waals surface area contributed by atoms with Crippen molar-refractivity contribution in [2.75, 3.05) is 0 Å². The molecule has 0 N–H and O–H groups in total. The Morgan fingerprint density at radius 3 is 2.12 bits per heavy atom. The molecule has 0 aliphatic heterocycles. The van der Waals surface area contributed by atoms with Gasteiger partial charge in [-0.25, -0.2) is 4.98 Å². The molecule has 0 bridgehead atoms. The fourth-order valence-corrected chi connectivity index (χ4v) is 8.09. The molecule has 3 nitrogen and oxygen atoms in total. The number of aromatic nitrogens is 3. The van der Waals surface area contributed by atoms with E-state index < -0.39 is 0 Å². The van der Waals surface area contributed by atoms with E-state index in [2.05, 4.69) is 136 Å². The van der Waals surface area contributed by atoms with Crippen LogP contribution in [-0.4, -0.2) is 14.0 Å². The lowest BCUT2D eigenvalue weighted by atomic mass is 9.99. The highest BCUT2D eigenvalue weighted by atomic mass is 32.1. The Bertz CT molecular complexity index is 2690. The van der Waals surface area contributed by atoms with Gasteiger partial charge in [0.25, 0.3) is 0 Å². The summed E-state index contributed by atoms with van der Waals surface area (Å²) in [4.78, 5) is 5.31. The minimum Gasteiger partial charge on any atom is -0.309 e. The first-order valence-electron chi connectivity index (χ1n) is 13.9. The lowest BCUT2D eigenvalue weighted by molar-refractivity contribution is 1.18. The lowest BCUT2D eigenvalue weighted by Gasteiger charge is -2.12. The molecule has 0 atom stereocenters. The fraction of sp³-hybridized carbons (Fsp3) is 0. The third-order valence-electron chi connectivity index (χ3n) is 8.66. The molecule has 10 aromatic rings. The molecule has 4 heteroatoms. The van der Waals surface area contributed by atoms with Gasteiger partial charge in [0, 0.05) is 47.4 Å². The number of benzene rings is 6. The zero-order chi connectivity index (χ0) is 26.7. The molecule has 4 aromatic heterocycles. The molecule has 0 unspecified atom stereocenters. The maximum absolute atomic E-state index is 5.31. The number of fused-ring (bicyclic) bond motifs is 15. The largest absolute Gasteiger partial charge is 0.309 e. The van der Waals surface area contributed by atoms with E-state index in [0.717, 1.165) is 22.4 Å². The van der Waals surface area contributed by atoms with Crippen molar-refractivity contribution >= 4 is 91.7 Å². The summed E-state index contributed by atoms with van der Waals surface area (Å²) in [6, 6.07) is 46.2. The molecule has 190 valence electrons. The second-order valence-corrected chi connectivity index (χ2v) is 11.9. The lowest BCUT2D eigenvalue weighted by Crippen LogP contribution is -1.94. The first kappa shape index (κ1) is 21.6. The van der Waals surface area contributed by atoms with Crippen LogP contribution >= 0.6 is 11.3 Å². The summed E-state index contributed by atoms with van der Waals surface area (Å²) in [6.07, 6.45) is 0. The topological polar surface area (TPSA) is 22.2 Å². The maximum Gasteiger partial charge on any atom is 0.147 e. The van der Waals surface area contributed by atoms with Gasteiger partial charge >= 0.3 is 0 Å². The third kappa shape index (κ3) is 2.75. The van der Waals surface area contributed by atoms with Crippen LogP contribution in [-0.2, 0) is 0 Å². The van der Waals surface area contributed by atoms with E-state index in [1.54, 1.807) is 0 Å². The molecule has 0 amide bonds. The monoisotopic (exact) mass is 539 g/mol. The van der Waals surface area contributed by atoms with E-state index in [9.17, 15) is 0 Å². The number of rotatable bonds is 1. The quantitative estimate of drug-likeness (QED) is 0.190. The van der Waals surface area contributed by atoms with Crippen LogP contribution in [0.1, 0.15) is 0 Å². The van der Waals surface area contributed by atoms with Crippen molar-refractivity contribution in [2.24, 2.45) is 0 Å². The van der Waals surface area contributed by atoms with Crippen LogP contribution in [0.15, 0.2) is 127 Å². The third-order valence-corrected chi connectivity index (χ3v) is 9.80. The van der Waals surface area contributed by atoms with Gasteiger partial charge in [0.15, 0.2) is 0 Å². The summed E-state index contributed by atoms with van der Waals surface area (Å²) < 4.78 is 7.41. The Labute approximate surface area is 238 Å². The van der Waals surface area contributed by atoms with Crippen molar-refractivity contribution in [2.45, 2.75) is 0 Å². The second kappa shape index (κ2) is 7.72. The van der Waals surface area contributed by atoms with Gasteiger partial charge in [0.05, 0.1) is 27.6 Å². The van der Waals surface area contributed by atoms with E-state index in [0.29, 0.717) is 0 Å². The predicted octanol–water partition coefficient (Wildman–Crippen LogP) is 10.3. The van der Waals surface area contributed by atoms with Crippen molar-refractivity contribution in [3.63, 3.8) is 0 Å². The molecule has 10 rings (SSSR count). The number of pyridine rings is 1. The van der Waals surface area contributed by atoms with Crippen LogP contribution in [0.5, 0.6) is 0 Å². The van der Waals surface area contributed by atoms with E-state index in [-0.39, 0.29) is 0 Å². The zero-order valence-corrected chi connectivity index (χ0v) is 22.7. The molecule has 6 aromatic carbocycles. The molecule has 0 spiro atoms. The molecule has 0 saturated carbocycles. The van der Waals surface area contributed by atoms with Crippen molar-refractivity contribution < 1.29 is 0 Å². The first-order chi connectivity index (χ1) is 20.3. The number of hydrogen-bond acceptors (Lipinski definition) is 2. The van der Waals surface area contributed by atoms with Crippen molar-refractivity contribution in [3.8, 4) is 5.69 Å². The van der Waals surface area contributed by atoms with Crippen LogP contribution in [0, 0.1) is 0 Å². The van der Waals surface area contributed by atoms with E-state index in [1.165, 1.54) is 63.7 Å². The standard InChI is InChI=1S/C37H21N3S/c1-2-10-22(11-3-1)39-29-15-7-4-13-25(29)35-31(39)19-18-24-26-20-27-23-12-5-9-17-33(23)41-34(27)21-32(26)40-30-16-8-6-14-28(30)38-37(40)36(24)35/h1-21H. The fourth-order valence-electron chi connectivity index (χ4n) is 6.97. The van der Waals surface area contributed by atoms with Gasteiger partial charge in [-0.1, -0.05) is 72.8 Å². The normalized spacial score (nSPS) is 12.4. The van der Waals surface area contributed by atoms with Gasteiger partial charge in [0.2, 0.25) is 0 Å². The predicted molar refractivity (Wildman–Crippen MR) is 175 cm³/mol. The van der Waals surface area contributed by atoms with E-state index >= 15 is 0 Å². The van der Waals surface area contributed by atoms with Crippen LogP contribution in [0.4, 0.5) is 0 Å². The maximum atomic E-state index is 5.31. The Balaban J connectivity index is 1.52. The van der Waals surface area contributed by atoms with Crippen LogP contribution in [0.3, 0.4) is 0 Å². The van der Waals surface area contributed by atoms with Crippen LogP contribution < -0.4 is 0 Å². The smallest absolute Gasteiger partial charge is 0.147 e. The Kier molecular flexibility index (Phi) is 4.07. The highest BCUT2D eigenvalue weighted by Crippen LogP contribution is 2.44. The Hall–Kier alpha value is -5.19. The summed E-state index contributed by atoms with van der Waals surface area (Å²) in [5.74, 6) is 0. The SMILES string of the molecule is c1ccc(-n2c3ccccc3c3c4c(ccc32)c2cc3c(cc2n2c5ccccc5nc42)sc2ccccc23)cc1. The number of hydrogen-bond donors (Lipinski definition) is 0. The van der Waals surface area contributed by atoms with Crippen molar-refractivity contribution in [1.82, 2.24) is 14.0 Å². The van der Waals surface area contributed by atoms with Gasteiger partial charge in [-0.3, -0.25) is 4.40 Å². The Morgan fingerprint density at radius 2 is 1.22 bits per heavy atom. The summed E-state index contributed by atoms with van der Waals surface area (Å²) >= 11 is 1.87. The highest BCUT2D eigenvalue weighted by Gasteiger charge is 2.21. The zero-order valence-electron chi connectivity index (χ0n) is 21.9. The second-order valence-electron chi connectivity index (χ2n) is 10.8. The van der Waals surface area contributed by atoms with Crippen molar-refractivity contribution in [3.05, 3.63) is 127 Å². The van der Waals surface area contributed by atoms with Crippen molar-refractivity contribution in [1.29, 1.82) is 0 Å². The van der Waals surface area contributed by atoms with Gasteiger partial charge < -0.3 is 4.57 Å². The number of nitrogens with zero attached hydrogens (tertiary/aromatic N) is 3. The van der Waals surface area contributed by atoms with Gasteiger partial charge in [0.1, 0.15) is 5.65 Å². The summed E-state index contributed by atoms with van der Waals surface area (Å²) in [5, 5.41) is 8.83. The molecule has 41 heavy (non-hydrogen) atoms. The van der Waals surface area contributed by atoms with Crippen LogP contribution in [0.25, 0.3) is 86.0 Å². The molecule has 0 aliphatic carbocycles. The Morgan fingerprint density at radius 1 is 0.463 bits per heavy atom. The molecule has 4 heterocycles.